The third-order valence-corrected chi connectivity index (χ3v) is 3.92. The number of carbonyl (C=O) groups is 2. The average Bonchev–Trinajstić information content (AvgIpc) is 2.89. The molecule has 0 radical (unpaired) electrons. The molecule has 2 atom stereocenters. The molecule has 2 amide bonds. The van der Waals surface area contributed by atoms with Crippen LogP contribution >= 0.6 is 0 Å². The number of amides is 2. The number of aryl methyl sites for hydroxylation is 1. The summed E-state index contributed by atoms with van der Waals surface area (Å²) >= 11 is 0. The van der Waals surface area contributed by atoms with E-state index in [4.69, 9.17) is 0 Å². The predicted molar refractivity (Wildman–Crippen MR) is 79.4 cm³/mol. The van der Waals surface area contributed by atoms with Gasteiger partial charge in [-0.25, -0.2) is 4.98 Å². The van der Waals surface area contributed by atoms with Gasteiger partial charge in [0.2, 0.25) is 11.8 Å². The van der Waals surface area contributed by atoms with Crippen LogP contribution in [-0.2, 0) is 16.1 Å². The highest BCUT2D eigenvalue weighted by atomic mass is 16.2. The lowest BCUT2D eigenvalue weighted by Crippen LogP contribution is -2.49. The summed E-state index contributed by atoms with van der Waals surface area (Å²) in [4.78, 5) is 30.3. The zero-order valence-electron chi connectivity index (χ0n) is 13.0. The van der Waals surface area contributed by atoms with Gasteiger partial charge in [-0.2, -0.15) is 0 Å². The normalized spacial score (nSPS) is 23.3. The third kappa shape index (κ3) is 3.83. The average molecular weight is 292 g/mol. The first-order chi connectivity index (χ1) is 9.99. The van der Waals surface area contributed by atoms with Gasteiger partial charge in [0.05, 0.1) is 6.33 Å². The van der Waals surface area contributed by atoms with Crippen LogP contribution in [0.2, 0.25) is 0 Å². The highest BCUT2D eigenvalue weighted by molar-refractivity contribution is 5.90. The molecule has 6 heteroatoms. The summed E-state index contributed by atoms with van der Waals surface area (Å²) in [7, 11) is 0. The van der Waals surface area contributed by atoms with Crippen molar-refractivity contribution in [1.82, 2.24) is 19.8 Å². The maximum atomic E-state index is 12.6. The summed E-state index contributed by atoms with van der Waals surface area (Å²) in [6.45, 7) is 7.35. The van der Waals surface area contributed by atoms with Gasteiger partial charge < -0.3 is 14.8 Å². The lowest BCUT2D eigenvalue weighted by Gasteiger charge is -2.30. The van der Waals surface area contributed by atoms with Gasteiger partial charge in [0.15, 0.2) is 0 Å². The van der Waals surface area contributed by atoms with E-state index >= 15 is 0 Å². The molecule has 0 aliphatic carbocycles. The van der Waals surface area contributed by atoms with Gasteiger partial charge in [0.1, 0.15) is 6.04 Å². The lowest BCUT2D eigenvalue weighted by atomic mass is 10.0. The van der Waals surface area contributed by atoms with Gasteiger partial charge in [-0.05, 0) is 19.3 Å². The molecule has 1 aliphatic rings. The van der Waals surface area contributed by atoms with E-state index in [1.165, 1.54) is 0 Å². The Labute approximate surface area is 125 Å². The molecule has 0 aromatic carbocycles. The molecule has 2 unspecified atom stereocenters. The van der Waals surface area contributed by atoms with Gasteiger partial charge in [-0.1, -0.05) is 13.8 Å². The molecule has 0 bridgehead atoms. The van der Waals surface area contributed by atoms with Crippen molar-refractivity contribution < 1.29 is 9.59 Å². The van der Waals surface area contributed by atoms with Crippen LogP contribution in [0.25, 0.3) is 0 Å². The number of rotatable bonds is 5. The molecule has 0 saturated carbocycles. The first-order valence-corrected chi connectivity index (χ1v) is 7.54. The molecule has 1 fully saturated rings. The number of imidazole rings is 1. The van der Waals surface area contributed by atoms with Crippen molar-refractivity contribution in [2.24, 2.45) is 5.92 Å². The first kappa shape index (κ1) is 15.5. The van der Waals surface area contributed by atoms with Crippen molar-refractivity contribution in [3.05, 3.63) is 18.7 Å². The summed E-state index contributed by atoms with van der Waals surface area (Å²) in [6, 6.07) is -0.459. The van der Waals surface area contributed by atoms with Crippen LogP contribution in [0.3, 0.4) is 0 Å². The lowest BCUT2D eigenvalue weighted by molar-refractivity contribution is -0.136. The second kappa shape index (κ2) is 6.74. The number of carbonyl (C=O) groups excluding carboxylic acids is 2. The summed E-state index contributed by atoms with van der Waals surface area (Å²) in [5.74, 6) is 0.100. The Bertz CT molecular complexity index is 484. The summed E-state index contributed by atoms with van der Waals surface area (Å²) < 4.78 is 2.00. The molecular weight excluding hydrogens is 268 g/mol. The monoisotopic (exact) mass is 292 g/mol. The van der Waals surface area contributed by atoms with Crippen molar-refractivity contribution in [1.29, 1.82) is 0 Å². The quantitative estimate of drug-likeness (QED) is 0.881. The first-order valence-electron chi connectivity index (χ1n) is 7.54. The Morgan fingerprint density at radius 1 is 1.38 bits per heavy atom. The molecule has 2 rings (SSSR count). The van der Waals surface area contributed by atoms with E-state index in [9.17, 15) is 9.59 Å². The Morgan fingerprint density at radius 2 is 2.14 bits per heavy atom. The van der Waals surface area contributed by atoms with E-state index in [1.807, 2.05) is 36.4 Å². The summed E-state index contributed by atoms with van der Waals surface area (Å²) in [6.07, 6.45) is 6.66. The van der Waals surface area contributed by atoms with E-state index in [0.29, 0.717) is 13.0 Å². The Balaban J connectivity index is 2.00. The molecule has 1 saturated heterocycles. The number of hydrogen-bond donors (Lipinski definition) is 1. The highest BCUT2D eigenvalue weighted by Crippen LogP contribution is 2.16. The van der Waals surface area contributed by atoms with Crippen molar-refractivity contribution in [2.75, 3.05) is 6.54 Å². The van der Waals surface area contributed by atoms with Crippen LogP contribution in [0.1, 0.15) is 33.6 Å². The Morgan fingerprint density at radius 3 is 2.76 bits per heavy atom. The van der Waals surface area contributed by atoms with E-state index < -0.39 is 6.04 Å². The Hall–Kier alpha value is -1.85. The van der Waals surface area contributed by atoms with E-state index in [1.54, 1.807) is 12.5 Å². The number of nitrogens with zero attached hydrogens (tertiary/aromatic N) is 3. The van der Waals surface area contributed by atoms with Gasteiger partial charge >= 0.3 is 0 Å². The molecule has 21 heavy (non-hydrogen) atoms. The van der Waals surface area contributed by atoms with Gasteiger partial charge in [-0.15, -0.1) is 0 Å². The topological polar surface area (TPSA) is 67.2 Å². The molecule has 116 valence electrons. The van der Waals surface area contributed by atoms with E-state index in [0.717, 1.165) is 13.0 Å². The highest BCUT2D eigenvalue weighted by Gasteiger charge is 2.34. The summed E-state index contributed by atoms with van der Waals surface area (Å²) in [5, 5.41) is 2.85. The Kier molecular flexibility index (Phi) is 4.98. The molecule has 6 nitrogen and oxygen atoms in total. The molecule has 1 N–H and O–H groups in total. The van der Waals surface area contributed by atoms with Crippen LogP contribution < -0.4 is 5.32 Å². The molecule has 0 spiro atoms. The van der Waals surface area contributed by atoms with Crippen molar-refractivity contribution >= 4 is 11.8 Å². The van der Waals surface area contributed by atoms with Crippen LogP contribution in [0.4, 0.5) is 0 Å². The predicted octanol–water partition coefficient (Wildman–Crippen LogP) is 1.03. The minimum Gasteiger partial charge on any atom is -0.344 e. The molecule has 1 aromatic heterocycles. The van der Waals surface area contributed by atoms with Crippen molar-refractivity contribution in [3.8, 4) is 0 Å². The zero-order valence-corrected chi connectivity index (χ0v) is 13.0. The fraction of sp³-hybridized carbons (Fsp3) is 0.667. The van der Waals surface area contributed by atoms with Crippen LogP contribution in [0.5, 0.6) is 0 Å². The number of hydrogen-bond acceptors (Lipinski definition) is 3. The van der Waals surface area contributed by atoms with Gasteiger partial charge in [0.25, 0.3) is 0 Å². The standard InChI is InChI=1S/C15H24N4O2/c1-11(2)14-15(21)19(12(3)9-13(20)17-14)7-4-6-18-8-5-16-10-18/h5,8,10-12,14H,4,6-7,9H2,1-3H3,(H,17,20). The molecule has 1 aromatic rings. The fourth-order valence-electron chi connectivity index (χ4n) is 2.69. The van der Waals surface area contributed by atoms with Crippen molar-refractivity contribution in [3.63, 3.8) is 0 Å². The van der Waals surface area contributed by atoms with Gasteiger partial charge in [0, 0.05) is 37.9 Å². The zero-order chi connectivity index (χ0) is 15.4. The number of aromatic nitrogens is 2. The minimum atomic E-state index is -0.407. The van der Waals surface area contributed by atoms with E-state index in [-0.39, 0.29) is 23.8 Å². The molecule has 2 heterocycles. The number of nitrogens with one attached hydrogen (secondary N) is 1. The smallest absolute Gasteiger partial charge is 0.245 e. The maximum Gasteiger partial charge on any atom is 0.245 e. The van der Waals surface area contributed by atoms with E-state index in [2.05, 4.69) is 10.3 Å². The van der Waals surface area contributed by atoms with Crippen LogP contribution in [-0.4, -0.2) is 44.9 Å². The van der Waals surface area contributed by atoms with Crippen LogP contribution in [0.15, 0.2) is 18.7 Å². The SMILES string of the molecule is CC(C)C1NC(=O)CC(C)N(CCCn2ccnc2)C1=O. The van der Waals surface area contributed by atoms with Crippen LogP contribution in [0, 0.1) is 5.92 Å². The van der Waals surface area contributed by atoms with Gasteiger partial charge in [-0.3, -0.25) is 9.59 Å². The second-order valence-electron chi connectivity index (χ2n) is 6.03. The summed E-state index contributed by atoms with van der Waals surface area (Å²) in [5.41, 5.74) is 0. The largest absolute Gasteiger partial charge is 0.344 e. The molecular formula is C15H24N4O2. The molecule has 1 aliphatic heterocycles. The van der Waals surface area contributed by atoms with Crippen molar-refractivity contribution in [2.45, 2.75) is 52.2 Å². The second-order valence-corrected chi connectivity index (χ2v) is 6.03. The maximum absolute atomic E-state index is 12.6. The minimum absolute atomic E-state index is 0.0355. The third-order valence-electron chi connectivity index (χ3n) is 3.92. The fourth-order valence-corrected chi connectivity index (χ4v) is 2.69.